The molecule has 2 aromatic rings. The van der Waals surface area contributed by atoms with E-state index in [2.05, 4.69) is 5.32 Å². The maximum atomic E-state index is 12.0. The molecule has 0 saturated carbocycles. The summed E-state index contributed by atoms with van der Waals surface area (Å²) < 4.78 is 22.7. The van der Waals surface area contributed by atoms with Crippen LogP contribution in [0.3, 0.4) is 0 Å². The van der Waals surface area contributed by atoms with Gasteiger partial charge in [-0.15, -0.1) is 0 Å². The molecule has 2 aromatic carbocycles. The molecule has 0 heterocycles. The van der Waals surface area contributed by atoms with Gasteiger partial charge in [-0.2, -0.15) is 0 Å². The number of nitrogens with two attached hydrogens (primary N) is 1. The second-order valence-electron chi connectivity index (χ2n) is 4.34. The number of carbonyl (C=O) groups excluding carboxylic acids is 1. The van der Waals surface area contributed by atoms with Crippen LogP contribution in [0.15, 0.2) is 53.4 Å². The monoisotopic (exact) mass is 290 g/mol. The Hall–Kier alpha value is -2.34. The lowest BCUT2D eigenvalue weighted by Crippen LogP contribution is -2.13. The van der Waals surface area contributed by atoms with Crippen LogP contribution in [0.25, 0.3) is 0 Å². The van der Waals surface area contributed by atoms with Crippen molar-refractivity contribution in [3.8, 4) is 0 Å². The van der Waals surface area contributed by atoms with E-state index in [-0.39, 0.29) is 10.8 Å². The van der Waals surface area contributed by atoms with E-state index in [9.17, 15) is 13.2 Å². The topological polar surface area (TPSA) is 89.3 Å². The lowest BCUT2D eigenvalue weighted by atomic mass is 10.1. The van der Waals surface area contributed by atoms with Crippen molar-refractivity contribution in [2.75, 3.05) is 17.3 Å². The van der Waals surface area contributed by atoms with Crippen molar-refractivity contribution in [3.05, 3.63) is 54.1 Å². The van der Waals surface area contributed by atoms with Crippen molar-refractivity contribution in [2.24, 2.45) is 0 Å². The molecule has 104 valence electrons. The van der Waals surface area contributed by atoms with E-state index >= 15 is 0 Å². The predicted octanol–water partition coefficient (Wildman–Crippen LogP) is 1.92. The van der Waals surface area contributed by atoms with E-state index in [1.165, 1.54) is 24.3 Å². The molecule has 0 saturated heterocycles. The second kappa shape index (κ2) is 5.34. The number of nitrogens with one attached hydrogen (secondary N) is 1. The van der Waals surface area contributed by atoms with Gasteiger partial charge in [0.05, 0.1) is 10.5 Å². The first kappa shape index (κ1) is 14.1. The molecule has 0 radical (unpaired) electrons. The molecule has 20 heavy (non-hydrogen) atoms. The van der Waals surface area contributed by atoms with Crippen LogP contribution in [0.5, 0.6) is 0 Å². The van der Waals surface area contributed by atoms with Gasteiger partial charge in [-0.05, 0) is 36.4 Å². The summed E-state index contributed by atoms with van der Waals surface area (Å²) in [4.78, 5) is 12.2. The quantitative estimate of drug-likeness (QED) is 0.845. The fourth-order valence-electron chi connectivity index (χ4n) is 1.69. The average molecular weight is 290 g/mol. The summed E-state index contributed by atoms with van der Waals surface area (Å²) >= 11 is 0. The van der Waals surface area contributed by atoms with E-state index in [4.69, 9.17) is 5.73 Å². The molecule has 6 heteroatoms. The van der Waals surface area contributed by atoms with Gasteiger partial charge in [0.15, 0.2) is 9.84 Å². The largest absolute Gasteiger partial charge is 0.398 e. The summed E-state index contributed by atoms with van der Waals surface area (Å²) in [5, 5.41) is 2.66. The SMILES string of the molecule is CS(=O)(=O)c1ccc(NC(=O)c2ccccc2N)cc1. The molecular weight excluding hydrogens is 276 g/mol. The van der Waals surface area contributed by atoms with Gasteiger partial charge in [0.1, 0.15) is 0 Å². The zero-order valence-electron chi connectivity index (χ0n) is 10.8. The van der Waals surface area contributed by atoms with E-state index < -0.39 is 9.84 Å². The molecule has 2 rings (SSSR count). The molecule has 0 aliphatic rings. The molecule has 0 fully saturated rings. The highest BCUT2D eigenvalue weighted by Crippen LogP contribution is 2.16. The van der Waals surface area contributed by atoms with Gasteiger partial charge >= 0.3 is 0 Å². The summed E-state index contributed by atoms with van der Waals surface area (Å²) in [5.41, 5.74) is 6.98. The molecule has 0 atom stereocenters. The smallest absolute Gasteiger partial charge is 0.257 e. The first-order valence-electron chi connectivity index (χ1n) is 5.84. The maximum absolute atomic E-state index is 12.0. The number of benzene rings is 2. The minimum Gasteiger partial charge on any atom is -0.398 e. The van der Waals surface area contributed by atoms with E-state index in [1.807, 2.05) is 0 Å². The number of para-hydroxylation sites is 1. The lowest BCUT2D eigenvalue weighted by Gasteiger charge is -2.07. The van der Waals surface area contributed by atoms with Gasteiger partial charge in [0, 0.05) is 17.6 Å². The molecule has 0 aliphatic heterocycles. The van der Waals surface area contributed by atoms with Crippen molar-refractivity contribution in [1.29, 1.82) is 0 Å². The fourth-order valence-corrected chi connectivity index (χ4v) is 2.32. The van der Waals surface area contributed by atoms with E-state index in [1.54, 1.807) is 24.3 Å². The number of carbonyl (C=O) groups is 1. The van der Waals surface area contributed by atoms with Crippen molar-refractivity contribution in [2.45, 2.75) is 4.90 Å². The number of rotatable bonds is 3. The van der Waals surface area contributed by atoms with Gasteiger partial charge in [-0.1, -0.05) is 12.1 Å². The van der Waals surface area contributed by atoms with Gasteiger partial charge in [-0.3, -0.25) is 4.79 Å². The van der Waals surface area contributed by atoms with Crippen molar-refractivity contribution >= 4 is 27.1 Å². The van der Waals surface area contributed by atoms with Crippen LogP contribution in [0.2, 0.25) is 0 Å². The number of amides is 1. The van der Waals surface area contributed by atoms with Crippen LogP contribution >= 0.6 is 0 Å². The molecular formula is C14H14N2O3S. The van der Waals surface area contributed by atoms with Crippen LogP contribution in [0.4, 0.5) is 11.4 Å². The van der Waals surface area contributed by atoms with Gasteiger partial charge < -0.3 is 11.1 Å². The van der Waals surface area contributed by atoms with Crippen molar-refractivity contribution in [3.63, 3.8) is 0 Å². The minimum atomic E-state index is -3.24. The zero-order chi connectivity index (χ0) is 14.8. The van der Waals surface area contributed by atoms with Gasteiger partial charge in [0.2, 0.25) is 0 Å². The van der Waals surface area contributed by atoms with E-state index in [0.717, 1.165) is 6.26 Å². The standard InChI is InChI=1S/C14H14N2O3S/c1-20(18,19)11-8-6-10(7-9-11)16-14(17)12-4-2-3-5-13(12)15/h2-9H,15H2,1H3,(H,16,17). The molecule has 0 unspecified atom stereocenters. The normalized spacial score (nSPS) is 11.1. The Morgan fingerprint density at radius 1 is 1.05 bits per heavy atom. The highest BCUT2D eigenvalue weighted by atomic mass is 32.2. The summed E-state index contributed by atoms with van der Waals surface area (Å²) in [6, 6.07) is 12.7. The molecule has 1 amide bonds. The highest BCUT2D eigenvalue weighted by molar-refractivity contribution is 7.90. The summed E-state index contributed by atoms with van der Waals surface area (Å²) in [6.45, 7) is 0. The first-order valence-corrected chi connectivity index (χ1v) is 7.73. The second-order valence-corrected chi connectivity index (χ2v) is 6.35. The summed E-state index contributed by atoms with van der Waals surface area (Å²) in [5.74, 6) is -0.338. The van der Waals surface area contributed by atoms with Gasteiger partial charge in [-0.25, -0.2) is 8.42 Å². The number of hydrogen-bond donors (Lipinski definition) is 2. The van der Waals surface area contributed by atoms with Gasteiger partial charge in [0.25, 0.3) is 5.91 Å². The number of sulfone groups is 1. The van der Waals surface area contributed by atoms with Crippen LogP contribution in [0.1, 0.15) is 10.4 Å². The average Bonchev–Trinajstić information content (AvgIpc) is 2.38. The Balaban J connectivity index is 2.19. The highest BCUT2D eigenvalue weighted by Gasteiger charge is 2.10. The number of hydrogen-bond acceptors (Lipinski definition) is 4. The molecule has 3 N–H and O–H groups in total. The summed E-state index contributed by atoms with van der Waals surface area (Å²) in [6.07, 6.45) is 1.13. The lowest BCUT2D eigenvalue weighted by molar-refractivity contribution is 0.102. The van der Waals surface area contributed by atoms with Crippen LogP contribution in [-0.4, -0.2) is 20.6 Å². The molecule has 0 bridgehead atoms. The van der Waals surface area contributed by atoms with Crippen LogP contribution < -0.4 is 11.1 Å². The number of anilines is 2. The minimum absolute atomic E-state index is 0.203. The maximum Gasteiger partial charge on any atom is 0.257 e. The number of nitrogen functional groups attached to an aromatic ring is 1. The predicted molar refractivity (Wildman–Crippen MR) is 78.4 cm³/mol. The first-order chi connectivity index (χ1) is 9.38. The van der Waals surface area contributed by atoms with Crippen LogP contribution in [0, 0.1) is 0 Å². The Bertz CT molecular complexity index is 737. The third-order valence-corrected chi connectivity index (χ3v) is 3.87. The molecule has 0 spiro atoms. The Morgan fingerprint density at radius 2 is 1.65 bits per heavy atom. The van der Waals surface area contributed by atoms with Crippen molar-refractivity contribution < 1.29 is 13.2 Å². The fraction of sp³-hybridized carbons (Fsp3) is 0.0714. The third kappa shape index (κ3) is 3.16. The Kier molecular flexibility index (Phi) is 3.76. The van der Waals surface area contributed by atoms with E-state index in [0.29, 0.717) is 16.9 Å². The molecule has 5 nitrogen and oxygen atoms in total. The zero-order valence-corrected chi connectivity index (χ0v) is 11.6. The Labute approximate surface area is 117 Å². The van der Waals surface area contributed by atoms with Crippen molar-refractivity contribution in [1.82, 2.24) is 0 Å². The summed E-state index contributed by atoms with van der Waals surface area (Å²) in [7, 11) is -3.24. The van der Waals surface area contributed by atoms with Crippen LogP contribution in [-0.2, 0) is 9.84 Å². The third-order valence-electron chi connectivity index (χ3n) is 2.75. The Morgan fingerprint density at radius 3 is 2.20 bits per heavy atom. The molecule has 0 aromatic heterocycles. The molecule has 0 aliphatic carbocycles.